The van der Waals surface area contributed by atoms with Crippen molar-refractivity contribution in [3.8, 4) is 0 Å². The lowest BCUT2D eigenvalue weighted by Gasteiger charge is -2.33. The summed E-state index contributed by atoms with van der Waals surface area (Å²) in [5, 5.41) is 9.13. The Morgan fingerprint density at radius 2 is 2.11 bits per heavy atom. The number of aliphatic carboxylic acids is 1. The summed E-state index contributed by atoms with van der Waals surface area (Å²) in [6, 6.07) is 4.27. The number of morpholine rings is 1. The summed E-state index contributed by atoms with van der Waals surface area (Å²) in [6.07, 6.45) is 0. The number of rotatable bonds is 2. The van der Waals surface area contributed by atoms with E-state index in [1.54, 1.807) is 18.2 Å². The van der Waals surface area contributed by atoms with E-state index in [1.165, 1.54) is 4.90 Å². The number of hydrogen-bond acceptors (Lipinski definition) is 3. The molecule has 0 spiro atoms. The summed E-state index contributed by atoms with van der Waals surface area (Å²) in [4.78, 5) is 24.9. The molecule has 0 aromatic heterocycles. The van der Waals surface area contributed by atoms with E-state index in [-0.39, 0.29) is 19.1 Å². The molecule has 1 heterocycles. The molecule has 5 nitrogen and oxygen atoms in total. The third kappa shape index (κ3) is 3.16. The number of halogens is 2. The van der Waals surface area contributed by atoms with Gasteiger partial charge in [0.05, 0.1) is 18.8 Å². The largest absolute Gasteiger partial charge is 0.480 e. The minimum Gasteiger partial charge on any atom is -0.480 e. The number of carbonyl (C=O) groups excluding carboxylic acids is 1. The third-order valence-electron chi connectivity index (χ3n) is 2.83. The molecule has 1 aliphatic rings. The van der Waals surface area contributed by atoms with Crippen molar-refractivity contribution in [3.05, 3.63) is 32.7 Å². The molecule has 19 heavy (non-hydrogen) atoms. The smallest absolute Gasteiger partial charge is 0.328 e. The number of carbonyl (C=O) groups is 2. The van der Waals surface area contributed by atoms with Crippen LogP contribution >= 0.6 is 31.9 Å². The van der Waals surface area contributed by atoms with Gasteiger partial charge in [-0.2, -0.15) is 0 Å². The average Bonchev–Trinajstić information content (AvgIpc) is 2.40. The molecule has 1 amide bonds. The zero-order valence-corrected chi connectivity index (χ0v) is 13.0. The van der Waals surface area contributed by atoms with E-state index in [4.69, 9.17) is 9.84 Å². The van der Waals surface area contributed by atoms with Crippen molar-refractivity contribution in [2.24, 2.45) is 0 Å². The van der Waals surface area contributed by atoms with Crippen LogP contribution < -0.4 is 0 Å². The van der Waals surface area contributed by atoms with Crippen LogP contribution in [0.25, 0.3) is 0 Å². The fourth-order valence-electron chi connectivity index (χ4n) is 1.87. The van der Waals surface area contributed by atoms with Crippen molar-refractivity contribution in [3.63, 3.8) is 0 Å². The Morgan fingerprint density at radius 3 is 2.79 bits per heavy atom. The molecule has 1 aromatic carbocycles. The highest BCUT2D eigenvalue weighted by atomic mass is 79.9. The second kappa shape index (κ2) is 6.02. The summed E-state index contributed by atoms with van der Waals surface area (Å²) in [7, 11) is 0. The molecule has 1 fully saturated rings. The second-order valence-electron chi connectivity index (χ2n) is 4.05. The maximum Gasteiger partial charge on any atom is 0.328 e. The van der Waals surface area contributed by atoms with Gasteiger partial charge in [-0.1, -0.05) is 15.9 Å². The molecule has 2 rings (SSSR count). The molecule has 1 unspecified atom stereocenters. The molecule has 1 aliphatic heterocycles. The lowest BCUT2D eigenvalue weighted by Crippen LogP contribution is -2.52. The summed E-state index contributed by atoms with van der Waals surface area (Å²) in [5.41, 5.74) is 0.433. The zero-order chi connectivity index (χ0) is 14.0. The number of carboxylic acid groups (broad SMARTS) is 1. The zero-order valence-electron chi connectivity index (χ0n) is 9.81. The number of nitrogens with zero attached hydrogens (tertiary/aromatic N) is 1. The van der Waals surface area contributed by atoms with E-state index in [0.717, 1.165) is 4.47 Å². The fraction of sp³-hybridized carbons (Fsp3) is 0.333. The van der Waals surface area contributed by atoms with Crippen LogP contribution in [0.3, 0.4) is 0 Å². The number of amides is 1. The van der Waals surface area contributed by atoms with E-state index in [0.29, 0.717) is 16.6 Å². The van der Waals surface area contributed by atoms with Crippen molar-refractivity contribution in [1.29, 1.82) is 0 Å². The van der Waals surface area contributed by atoms with Gasteiger partial charge >= 0.3 is 5.97 Å². The van der Waals surface area contributed by atoms with E-state index in [2.05, 4.69) is 31.9 Å². The normalized spacial score (nSPS) is 19.3. The minimum atomic E-state index is -1.06. The quantitative estimate of drug-likeness (QED) is 0.837. The first-order valence-electron chi connectivity index (χ1n) is 5.57. The lowest BCUT2D eigenvalue weighted by atomic mass is 10.1. The molecule has 1 atom stereocenters. The first kappa shape index (κ1) is 14.5. The molecule has 7 heteroatoms. The Balaban J connectivity index is 2.31. The monoisotopic (exact) mass is 391 g/mol. The number of ether oxygens (including phenoxy) is 1. The maximum absolute atomic E-state index is 12.4. The number of carboxylic acids is 1. The van der Waals surface area contributed by atoms with Gasteiger partial charge in [-0.25, -0.2) is 4.79 Å². The van der Waals surface area contributed by atoms with Crippen LogP contribution in [-0.2, 0) is 9.53 Å². The van der Waals surface area contributed by atoms with Crippen LogP contribution in [0.15, 0.2) is 27.1 Å². The third-order valence-corrected chi connectivity index (χ3v) is 4.02. The van der Waals surface area contributed by atoms with Crippen LogP contribution in [0.4, 0.5) is 0 Å². The van der Waals surface area contributed by atoms with Gasteiger partial charge in [-0.15, -0.1) is 0 Å². The molecular formula is C12H11Br2NO4. The topological polar surface area (TPSA) is 66.8 Å². The van der Waals surface area contributed by atoms with Crippen LogP contribution in [0, 0.1) is 0 Å². The summed E-state index contributed by atoms with van der Waals surface area (Å²) in [5.74, 6) is -1.37. The Kier molecular flexibility index (Phi) is 4.59. The Bertz CT molecular complexity index is 520. The molecule has 0 radical (unpaired) electrons. The van der Waals surface area contributed by atoms with Crippen LogP contribution in [0.1, 0.15) is 10.4 Å². The lowest BCUT2D eigenvalue weighted by molar-refractivity contribution is -0.147. The van der Waals surface area contributed by atoms with E-state index in [9.17, 15) is 9.59 Å². The van der Waals surface area contributed by atoms with Gasteiger partial charge in [-0.05, 0) is 34.1 Å². The van der Waals surface area contributed by atoms with E-state index >= 15 is 0 Å². The van der Waals surface area contributed by atoms with Gasteiger partial charge in [-0.3, -0.25) is 4.79 Å². The first-order valence-corrected chi connectivity index (χ1v) is 7.16. The van der Waals surface area contributed by atoms with Crippen LogP contribution in [-0.4, -0.2) is 47.7 Å². The Labute approximate surface area is 126 Å². The molecule has 0 aliphatic carbocycles. The molecule has 1 saturated heterocycles. The van der Waals surface area contributed by atoms with Crippen LogP contribution in [0.2, 0.25) is 0 Å². The van der Waals surface area contributed by atoms with Gasteiger partial charge in [0.2, 0.25) is 0 Å². The van der Waals surface area contributed by atoms with E-state index < -0.39 is 12.0 Å². The van der Waals surface area contributed by atoms with Crippen molar-refractivity contribution in [2.45, 2.75) is 6.04 Å². The predicted octanol–water partition coefficient (Wildman–Crippen LogP) is 2.14. The molecule has 1 aromatic rings. The van der Waals surface area contributed by atoms with Crippen molar-refractivity contribution in [1.82, 2.24) is 4.90 Å². The molecular weight excluding hydrogens is 382 g/mol. The molecule has 1 N–H and O–H groups in total. The first-order chi connectivity index (χ1) is 9.00. The Hall–Kier alpha value is -0.920. The molecule has 102 valence electrons. The standard InChI is InChI=1S/C12H11Br2NO4/c13-7-1-2-9(14)8(5-7)11(16)15-3-4-19-6-10(15)12(17)18/h1-2,5,10H,3-4,6H2,(H,17,18). The maximum atomic E-state index is 12.4. The minimum absolute atomic E-state index is 0.0205. The second-order valence-corrected chi connectivity index (χ2v) is 5.82. The fourth-order valence-corrected chi connectivity index (χ4v) is 2.64. The van der Waals surface area contributed by atoms with Crippen molar-refractivity contribution in [2.75, 3.05) is 19.8 Å². The predicted molar refractivity (Wildman–Crippen MR) is 75.1 cm³/mol. The van der Waals surface area contributed by atoms with Crippen LogP contribution in [0.5, 0.6) is 0 Å². The van der Waals surface area contributed by atoms with Crippen molar-refractivity contribution < 1.29 is 19.4 Å². The van der Waals surface area contributed by atoms with Gasteiger partial charge in [0.15, 0.2) is 6.04 Å². The average molecular weight is 393 g/mol. The van der Waals surface area contributed by atoms with Gasteiger partial charge < -0.3 is 14.7 Å². The van der Waals surface area contributed by atoms with E-state index in [1.807, 2.05) is 0 Å². The highest BCUT2D eigenvalue weighted by Crippen LogP contribution is 2.24. The van der Waals surface area contributed by atoms with Gasteiger partial charge in [0, 0.05) is 15.5 Å². The van der Waals surface area contributed by atoms with Gasteiger partial charge in [0.25, 0.3) is 5.91 Å². The highest BCUT2D eigenvalue weighted by molar-refractivity contribution is 9.11. The summed E-state index contributed by atoms with van der Waals surface area (Å²) in [6.45, 7) is 0.641. The SMILES string of the molecule is O=C(O)C1COCCN1C(=O)c1cc(Br)ccc1Br. The number of benzene rings is 1. The van der Waals surface area contributed by atoms with Crippen molar-refractivity contribution >= 4 is 43.7 Å². The number of hydrogen-bond donors (Lipinski definition) is 1. The highest BCUT2D eigenvalue weighted by Gasteiger charge is 2.33. The Morgan fingerprint density at radius 1 is 1.37 bits per heavy atom. The molecule has 0 bridgehead atoms. The van der Waals surface area contributed by atoms with Gasteiger partial charge in [0.1, 0.15) is 0 Å². The molecule has 0 saturated carbocycles. The summed E-state index contributed by atoms with van der Waals surface area (Å²) >= 11 is 6.61. The summed E-state index contributed by atoms with van der Waals surface area (Å²) < 4.78 is 6.52.